The summed E-state index contributed by atoms with van der Waals surface area (Å²) in [5, 5.41) is 13.6. The van der Waals surface area contributed by atoms with Gasteiger partial charge in [-0.2, -0.15) is 0 Å². The maximum absolute atomic E-state index is 8.74. The lowest BCUT2D eigenvalue weighted by molar-refractivity contribution is -0.742. The van der Waals surface area contributed by atoms with Gasteiger partial charge in [0.15, 0.2) is 0 Å². The first kappa shape index (κ1) is 15.7. The molecular formula is H5FNO6P. The van der Waals surface area contributed by atoms with Crippen LogP contribution in [0, 0.1) is 10.1 Å². The second-order valence-electron chi connectivity index (χ2n) is 0.520. The van der Waals surface area contributed by atoms with Gasteiger partial charge in [-0.15, -0.1) is 10.1 Å². The molecule has 0 aromatic rings. The Labute approximate surface area is 49.0 Å². The Morgan fingerprint density at radius 3 is 1.44 bits per heavy atom. The summed E-state index contributed by atoms with van der Waals surface area (Å²) in [7, 11) is -3.13. The van der Waals surface area contributed by atoms with Crippen LogP contribution >= 0.6 is 8.25 Å². The van der Waals surface area contributed by atoms with E-state index in [4.69, 9.17) is 29.7 Å². The highest BCUT2D eigenvalue weighted by Gasteiger charge is 1.65. The molecule has 0 atom stereocenters. The Morgan fingerprint density at radius 2 is 1.44 bits per heavy atom. The number of halogens is 1. The lowest BCUT2D eigenvalue weighted by Gasteiger charge is -1.61. The van der Waals surface area contributed by atoms with E-state index in [1.54, 1.807) is 0 Å². The third-order valence-corrected chi connectivity index (χ3v) is 0. The van der Waals surface area contributed by atoms with Crippen molar-refractivity contribution in [3.63, 3.8) is 0 Å². The standard InChI is InChI=1S/FH.HNO3.H3O3P/c;2-1(3)4;1-4(2)3/h1H;(H,2,3,4);4H,(H2,1,2,3). The van der Waals surface area contributed by atoms with E-state index in [0.717, 1.165) is 0 Å². The summed E-state index contributed by atoms with van der Waals surface area (Å²) in [5.41, 5.74) is 0. The minimum absolute atomic E-state index is 0. The fourth-order valence-corrected chi connectivity index (χ4v) is 0. The van der Waals surface area contributed by atoms with E-state index in [-0.39, 0.29) is 4.70 Å². The molecule has 0 aliphatic rings. The summed E-state index contributed by atoms with van der Waals surface area (Å²) in [4.78, 5) is 22.7. The van der Waals surface area contributed by atoms with Crippen LogP contribution in [-0.4, -0.2) is 20.1 Å². The predicted molar refractivity (Wildman–Crippen MR) is 24.7 cm³/mol. The average Bonchev–Trinajstić information content (AvgIpc) is 1.25. The maximum atomic E-state index is 8.74. The molecule has 0 unspecified atom stereocenters. The third-order valence-electron chi connectivity index (χ3n) is 0. The van der Waals surface area contributed by atoms with Gasteiger partial charge < -0.3 is 15.0 Å². The molecule has 3 N–H and O–H groups in total. The molecule has 0 aliphatic heterocycles. The van der Waals surface area contributed by atoms with Gasteiger partial charge >= 0.3 is 8.25 Å². The number of nitrogens with zero attached hydrogens (tertiary/aromatic N) is 1. The largest absolute Gasteiger partial charge is 0.328 e. The van der Waals surface area contributed by atoms with E-state index in [1.807, 2.05) is 0 Å². The van der Waals surface area contributed by atoms with Gasteiger partial charge in [0.25, 0.3) is 5.09 Å². The lowest BCUT2D eigenvalue weighted by atomic mass is 13.1. The van der Waals surface area contributed by atoms with Crippen molar-refractivity contribution in [2.24, 2.45) is 0 Å². The lowest BCUT2D eigenvalue weighted by Crippen LogP contribution is -1.81. The summed E-state index contributed by atoms with van der Waals surface area (Å²) >= 11 is 0. The van der Waals surface area contributed by atoms with E-state index < -0.39 is 13.3 Å². The van der Waals surface area contributed by atoms with E-state index in [1.165, 1.54) is 0 Å². The van der Waals surface area contributed by atoms with Crippen molar-refractivity contribution < 1.29 is 29.4 Å². The van der Waals surface area contributed by atoms with Gasteiger partial charge in [0.2, 0.25) is 0 Å². The molecule has 0 rings (SSSR count). The van der Waals surface area contributed by atoms with Crippen molar-refractivity contribution in [1.29, 1.82) is 0 Å². The zero-order chi connectivity index (χ0) is 7.15. The zero-order valence-corrected chi connectivity index (χ0v) is 4.92. The topological polar surface area (TPSA) is 121 Å². The normalized spacial score (nSPS) is 6.56. The second kappa shape index (κ2) is 10.3. The molecule has 0 aromatic heterocycles. The third kappa shape index (κ3) is 392. The molecule has 0 radical (unpaired) electrons. The summed E-state index contributed by atoms with van der Waals surface area (Å²) in [6.07, 6.45) is 0. The van der Waals surface area contributed by atoms with Gasteiger partial charge in [0.1, 0.15) is 0 Å². The molecule has 0 saturated carbocycles. The Balaban J connectivity index is -0.0000000720. The second-order valence-corrected chi connectivity index (χ2v) is 1.09. The predicted octanol–water partition coefficient (Wildman–Crippen LogP) is -0.835. The van der Waals surface area contributed by atoms with Crippen LogP contribution in [0.3, 0.4) is 0 Å². The van der Waals surface area contributed by atoms with Crippen LogP contribution < -0.4 is 0 Å². The highest BCUT2D eigenvalue weighted by atomic mass is 31.1. The Hall–Kier alpha value is -0.720. The fraction of sp³-hybridized carbons (Fsp3) is 0. The molecule has 0 spiro atoms. The van der Waals surface area contributed by atoms with Gasteiger partial charge in [-0.25, -0.2) is 0 Å². The van der Waals surface area contributed by atoms with Crippen molar-refractivity contribution in [3.8, 4) is 0 Å². The summed E-state index contributed by atoms with van der Waals surface area (Å²) < 4.78 is 8.74. The molecule has 0 amide bonds. The monoisotopic (exact) mass is 165 g/mol. The van der Waals surface area contributed by atoms with E-state index >= 15 is 0 Å². The van der Waals surface area contributed by atoms with E-state index in [0.29, 0.717) is 0 Å². The first-order valence-corrected chi connectivity index (χ1v) is 2.52. The van der Waals surface area contributed by atoms with Gasteiger partial charge in [0.05, 0.1) is 0 Å². The minimum atomic E-state index is -3.13. The fourth-order valence-electron chi connectivity index (χ4n) is 0. The van der Waals surface area contributed by atoms with Crippen molar-refractivity contribution >= 4 is 8.25 Å². The molecule has 0 saturated heterocycles. The molecule has 0 aromatic carbocycles. The Morgan fingerprint density at radius 1 is 1.44 bits per heavy atom. The molecule has 58 valence electrons. The summed E-state index contributed by atoms with van der Waals surface area (Å²) in [6.45, 7) is 0. The van der Waals surface area contributed by atoms with E-state index in [9.17, 15) is 0 Å². The number of hydrogen-bond donors (Lipinski definition) is 3. The van der Waals surface area contributed by atoms with Crippen LogP contribution in [0.25, 0.3) is 0 Å². The Kier molecular flexibility index (Phi) is 18.0. The maximum Gasteiger partial charge on any atom is 0.314 e. The van der Waals surface area contributed by atoms with Crippen LogP contribution in [0.5, 0.6) is 0 Å². The van der Waals surface area contributed by atoms with Gasteiger partial charge in [-0.1, -0.05) is 0 Å². The number of hydrogen-bond acceptors (Lipinski definition) is 3. The molecule has 7 nitrogen and oxygen atoms in total. The molecule has 9 heavy (non-hydrogen) atoms. The minimum Gasteiger partial charge on any atom is -0.328 e. The van der Waals surface area contributed by atoms with E-state index in [2.05, 4.69) is 0 Å². The first-order chi connectivity index (χ1) is 3.46. The smallest absolute Gasteiger partial charge is 0.314 e. The highest BCUT2D eigenvalue weighted by molar-refractivity contribution is 7.30. The molecule has 9 heteroatoms. The van der Waals surface area contributed by atoms with Crippen LogP contribution in [0.4, 0.5) is 4.70 Å². The van der Waals surface area contributed by atoms with Crippen molar-refractivity contribution in [3.05, 3.63) is 10.1 Å². The molecule has 0 bridgehead atoms. The number of rotatable bonds is 0. The van der Waals surface area contributed by atoms with Crippen molar-refractivity contribution in [2.75, 3.05) is 0 Å². The van der Waals surface area contributed by atoms with Crippen LogP contribution in [-0.2, 0) is 4.57 Å². The zero-order valence-electron chi connectivity index (χ0n) is 3.92. The van der Waals surface area contributed by atoms with Crippen LogP contribution in [0.1, 0.15) is 0 Å². The van der Waals surface area contributed by atoms with Crippen molar-refractivity contribution in [2.45, 2.75) is 0 Å². The van der Waals surface area contributed by atoms with Crippen LogP contribution in [0.2, 0.25) is 0 Å². The van der Waals surface area contributed by atoms with Gasteiger partial charge in [-0.3, -0.25) is 9.27 Å². The summed E-state index contributed by atoms with van der Waals surface area (Å²) in [5.74, 6) is 0. The summed E-state index contributed by atoms with van der Waals surface area (Å²) in [6, 6.07) is 0. The molecule has 0 aliphatic carbocycles. The SMILES string of the molecule is F.O=[N+]([O-])O.O=[PH](O)O. The first-order valence-electron chi connectivity index (χ1n) is 1.22. The van der Waals surface area contributed by atoms with Gasteiger partial charge in [-0.05, 0) is 0 Å². The van der Waals surface area contributed by atoms with Gasteiger partial charge in [0, 0.05) is 0 Å². The molecular weight excluding hydrogens is 160 g/mol. The Bertz CT molecular complexity index is 71.1. The molecule has 0 fully saturated rings. The van der Waals surface area contributed by atoms with Crippen molar-refractivity contribution in [1.82, 2.24) is 0 Å². The average molecular weight is 165 g/mol. The van der Waals surface area contributed by atoms with Crippen LogP contribution in [0.15, 0.2) is 0 Å². The highest BCUT2D eigenvalue weighted by Crippen LogP contribution is 1.98. The quantitative estimate of drug-likeness (QED) is 0.244. The molecule has 0 heterocycles.